The van der Waals surface area contributed by atoms with E-state index in [2.05, 4.69) is 37.3 Å². The summed E-state index contributed by atoms with van der Waals surface area (Å²) in [6.45, 7) is 2.29. The van der Waals surface area contributed by atoms with Crippen LogP contribution >= 0.6 is 11.6 Å². The van der Waals surface area contributed by atoms with E-state index in [1.807, 2.05) is 0 Å². The third-order valence-electron chi connectivity index (χ3n) is 4.64. The summed E-state index contributed by atoms with van der Waals surface area (Å²) >= 11 is 6.65. The summed E-state index contributed by atoms with van der Waals surface area (Å²) in [6.07, 6.45) is 10.7. The van der Waals surface area contributed by atoms with Crippen molar-refractivity contribution in [1.82, 2.24) is 0 Å². The molecule has 0 amide bonds. The van der Waals surface area contributed by atoms with Crippen LogP contribution in [0.1, 0.15) is 57.4 Å². The van der Waals surface area contributed by atoms with Gasteiger partial charge in [0.25, 0.3) is 0 Å². The third kappa shape index (κ3) is 4.84. The fraction of sp³-hybridized carbons (Fsp3) is 0.667. The maximum absolute atomic E-state index is 6.65. The lowest BCUT2D eigenvalue weighted by Gasteiger charge is -2.31. The third-order valence-corrected chi connectivity index (χ3v) is 5.15. The molecule has 1 aliphatic rings. The van der Waals surface area contributed by atoms with E-state index in [1.54, 1.807) is 0 Å². The van der Waals surface area contributed by atoms with Crippen LogP contribution in [0.3, 0.4) is 0 Å². The molecule has 1 aromatic carbocycles. The summed E-state index contributed by atoms with van der Waals surface area (Å²) in [6, 6.07) is 10.7. The molecule has 1 saturated carbocycles. The zero-order chi connectivity index (χ0) is 13.5. The molecule has 0 bridgehead atoms. The molecule has 1 atom stereocenters. The molecule has 0 nitrogen and oxygen atoms in total. The number of halogens is 1. The molecule has 19 heavy (non-hydrogen) atoms. The summed E-state index contributed by atoms with van der Waals surface area (Å²) in [7, 11) is 0. The fourth-order valence-electron chi connectivity index (χ4n) is 3.34. The zero-order valence-corrected chi connectivity index (χ0v) is 12.9. The Morgan fingerprint density at radius 2 is 1.79 bits per heavy atom. The van der Waals surface area contributed by atoms with E-state index >= 15 is 0 Å². The average molecular weight is 279 g/mol. The largest absolute Gasteiger partial charge is 0.122 e. The minimum Gasteiger partial charge on any atom is -0.122 e. The van der Waals surface area contributed by atoms with Gasteiger partial charge in [0.05, 0.1) is 0 Å². The molecule has 0 saturated heterocycles. The minimum atomic E-state index is 0.328. The quantitative estimate of drug-likeness (QED) is 0.574. The van der Waals surface area contributed by atoms with E-state index in [-0.39, 0.29) is 0 Å². The number of hydrogen-bond donors (Lipinski definition) is 0. The van der Waals surface area contributed by atoms with Gasteiger partial charge in [-0.1, -0.05) is 69.4 Å². The Morgan fingerprint density at radius 1 is 1.11 bits per heavy atom. The molecule has 0 aliphatic heterocycles. The lowest BCUT2D eigenvalue weighted by molar-refractivity contribution is 0.253. The van der Waals surface area contributed by atoms with Crippen molar-refractivity contribution >= 4 is 11.6 Å². The molecule has 2 rings (SSSR count). The van der Waals surface area contributed by atoms with Crippen LogP contribution in [0.2, 0.25) is 0 Å². The number of unbranched alkanes of at least 4 members (excludes halogenated alkanes) is 1. The monoisotopic (exact) mass is 278 g/mol. The Bertz CT molecular complexity index is 338. The second-order valence-corrected chi connectivity index (χ2v) is 6.69. The first-order chi connectivity index (χ1) is 9.29. The molecule has 1 aromatic rings. The first-order valence-corrected chi connectivity index (χ1v) is 8.41. The summed E-state index contributed by atoms with van der Waals surface area (Å²) in [5, 5.41) is 0.328. The fourth-order valence-corrected chi connectivity index (χ4v) is 3.77. The molecule has 0 heterocycles. The van der Waals surface area contributed by atoms with Crippen molar-refractivity contribution in [3.8, 4) is 0 Å². The predicted molar refractivity (Wildman–Crippen MR) is 84.8 cm³/mol. The second-order valence-electron chi connectivity index (χ2n) is 6.13. The van der Waals surface area contributed by atoms with Crippen LogP contribution in [-0.2, 0) is 6.42 Å². The number of alkyl halides is 1. The first-order valence-electron chi connectivity index (χ1n) is 7.97. The van der Waals surface area contributed by atoms with Gasteiger partial charge >= 0.3 is 0 Å². The van der Waals surface area contributed by atoms with Gasteiger partial charge in [-0.15, -0.1) is 11.6 Å². The normalized spacial score (nSPS) is 25.2. The van der Waals surface area contributed by atoms with Crippen LogP contribution in [-0.4, -0.2) is 5.38 Å². The summed E-state index contributed by atoms with van der Waals surface area (Å²) in [5.41, 5.74) is 1.38. The van der Waals surface area contributed by atoms with E-state index in [0.29, 0.717) is 5.38 Å². The van der Waals surface area contributed by atoms with Gasteiger partial charge in [-0.25, -0.2) is 0 Å². The van der Waals surface area contributed by atoms with Gasteiger partial charge in [0.15, 0.2) is 0 Å². The van der Waals surface area contributed by atoms with Crippen LogP contribution in [0.25, 0.3) is 0 Å². The Hall–Kier alpha value is -0.490. The molecular weight excluding hydrogens is 252 g/mol. The molecule has 0 spiro atoms. The lowest BCUT2D eigenvalue weighted by Crippen LogP contribution is -2.23. The van der Waals surface area contributed by atoms with Gasteiger partial charge in [0.1, 0.15) is 0 Å². The van der Waals surface area contributed by atoms with Crippen LogP contribution in [0, 0.1) is 11.8 Å². The van der Waals surface area contributed by atoms with Crippen LogP contribution in [0.15, 0.2) is 30.3 Å². The van der Waals surface area contributed by atoms with Gasteiger partial charge in [0.2, 0.25) is 0 Å². The Kier molecular flexibility index (Phi) is 6.23. The molecule has 0 radical (unpaired) electrons. The van der Waals surface area contributed by atoms with Crippen molar-refractivity contribution in [2.45, 2.75) is 63.7 Å². The van der Waals surface area contributed by atoms with E-state index in [4.69, 9.17) is 11.6 Å². The highest BCUT2D eigenvalue weighted by Gasteiger charge is 2.26. The van der Waals surface area contributed by atoms with Crippen LogP contribution in [0.5, 0.6) is 0 Å². The average Bonchev–Trinajstić information content (AvgIpc) is 2.46. The highest BCUT2D eigenvalue weighted by Crippen LogP contribution is 2.36. The Labute approximate surface area is 123 Å². The van der Waals surface area contributed by atoms with Gasteiger partial charge in [-0.05, 0) is 36.7 Å². The van der Waals surface area contributed by atoms with E-state index in [9.17, 15) is 0 Å². The molecule has 1 aliphatic carbocycles. The Morgan fingerprint density at radius 3 is 2.42 bits per heavy atom. The predicted octanol–water partition coefficient (Wildman–Crippen LogP) is 5.83. The van der Waals surface area contributed by atoms with Gasteiger partial charge in [-0.2, -0.15) is 0 Å². The van der Waals surface area contributed by atoms with Crippen molar-refractivity contribution in [2.75, 3.05) is 0 Å². The SMILES string of the molecule is CCCCC1CCC(C(Cl)Cc2ccccc2)CC1. The molecule has 1 unspecified atom stereocenters. The summed E-state index contributed by atoms with van der Waals surface area (Å²) < 4.78 is 0. The maximum Gasteiger partial charge on any atom is 0.0404 e. The topological polar surface area (TPSA) is 0 Å². The van der Waals surface area contributed by atoms with Gasteiger partial charge in [0, 0.05) is 5.38 Å². The lowest BCUT2D eigenvalue weighted by atomic mass is 9.77. The molecular formula is C18H27Cl. The standard InChI is InChI=1S/C18H27Cl/c1-2-3-7-15-10-12-17(13-11-15)18(19)14-16-8-5-4-6-9-16/h4-6,8-9,15,17-18H,2-3,7,10-14H2,1H3. The van der Waals surface area contributed by atoms with Crippen molar-refractivity contribution in [2.24, 2.45) is 11.8 Å². The van der Waals surface area contributed by atoms with Gasteiger partial charge in [-0.3, -0.25) is 0 Å². The molecule has 106 valence electrons. The Balaban J connectivity index is 1.74. The number of rotatable bonds is 6. The maximum atomic E-state index is 6.65. The molecule has 1 fully saturated rings. The molecule has 1 heteroatoms. The first kappa shape index (κ1) is 14.9. The molecule has 0 aromatic heterocycles. The smallest absolute Gasteiger partial charge is 0.0404 e. The minimum absolute atomic E-state index is 0.328. The number of hydrogen-bond acceptors (Lipinski definition) is 0. The van der Waals surface area contributed by atoms with E-state index < -0.39 is 0 Å². The number of benzene rings is 1. The van der Waals surface area contributed by atoms with Crippen molar-refractivity contribution in [3.63, 3.8) is 0 Å². The van der Waals surface area contributed by atoms with Gasteiger partial charge < -0.3 is 0 Å². The second kappa shape index (κ2) is 7.94. The van der Waals surface area contributed by atoms with Crippen LogP contribution in [0.4, 0.5) is 0 Å². The molecule has 0 N–H and O–H groups in total. The highest BCUT2D eigenvalue weighted by molar-refractivity contribution is 6.20. The summed E-state index contributed by atoms with van der Waals surface area (Å²) in [4.78, 5) is 0. The van der Waals surface area contributed by atoms with Crippen molar-refractivity contribution in [3.05, 3.63) is 35.9 Å². The zero-order valence-electron chi connectivity index (χ0n) is 12.2. The van der Waals surface area contributed by atoms with Crippen LogP contribution < -0.4 is 0 Å². The highest BCUT2D eigenvalue weighted by atomic mass is 35.5. The van der Waals surface area contributed by atoms with E-state index in [1.165, 1.54) is 50.5 Å². The van der Waals surface area contributed by atoms with Crippen molar-refractivity contribution in [1.29, 1.82) is 0 Å². The summed E-state index contributed by atoms with van der Waals surface area (Å²) in [5.74, 6) is 1.72. The van der Waals surface area contributed by atoms with Crippen molar-refractivity contribution < 1.29 is 0 Å². The van der Waals surface area contributed by atoms with E-state index in [0.717, 1.165) is 18.3 Å².